The Morgan fingerprint density at radius 3 is 2.47 bits per heavy atom. The van der Waals surface area contributed by atoms with Crippen LogP contribution in [0.3, 0.4) is 0 Å². The minimum atomic E-state index is 0.711. The highest BCUT2D eigenvalue weighted by atomic mass is 15.2. The van der Waals surface area contributed by atoms with Crippen LogP contribution in [0.5, 0.6) is 0 Å². The van der Waals surface area contributed by atoms with E-state index in [0.29, 0.717) is 5.69 Å². The summed E-state index contributed by atoms with van der Waals surface area (Å²) in [5, 5.41) is 0. The van der Waals surface area contributed by atoms with E-state index in [-0.39, 0.29) is 0 Å². The molecule has 15 heavy (non-hydrogen) atoms. The Balaban J connectivity index is 2.61. The van der Waals surface area contributed by atoms with Crippen molar-refractivity contribution in [2.75, 3.05) is 44.4 Å². The van der Waals surface area contributed by atoms with Crippen LogP contribution in [0.2, 0.25) is 0 Å². The zero-order valence-corrected chi connectivity index (χ0v) is 9.77. The first-order valence-electron chi connectivity index (χ1n) is 5.24. The predicted molar refractivity (Wildman–Crippen MR) is 65.1 cm³/mol. The number of likely N-dealkylation sites (N-methyl/N-ethyl adjacent to an activating group) is 2. The first-order valence-corrected chi connectivity index (χ1v) is 5.24. The lowest BCUT2D eigenvalue weighted by atomic mass is 10.3. The molecule has 0 spiro atoms. The van der Waals surface area contributed by atoms with Crippen LogP contribution in [0.25, 0.3) is 0 Å². The number of hydrogen-bond donors (Lipinski definition) is 1. The molecule has 0 aromatic carbocycles. The lowest BCUT2D eigenvalue weighted by molar-refractivity contribution is 0.413. The van der Waals surface area contributed by atoms with Gasteiger partial charge in [-0.25, -0.2) is 4.98 Å². The Hall–Kier alpha value is -1.29. The zero-order chi connectivity index (χ0) is 11.3. The Morgan fingerprint density at radius 1 is 1.27 bits per heavy atom. The highest BCUT2D eigenvalue weighted by molar-refractivity contribution is 5.45. The third kappa shape index (κ3) is 3.75. The van der Waals surface area contributed by atoms with Crippen molar-refractivity contribution in [1.82, 2.24) is 9.88 Å². The highest BCUT2D eigenvalue weighted by Gasteiger charge is 2.05. The van der Waals surface area contributed by atoms with Gasteiger partial charge in [0, 0.05) is 19.6 Å². The molecular formula is C11H20N4. The van der Waals surface area contributed by atoms with Gasteiger partial charge >= 0.3 is 0 Å². The molecule has 0 radical (unpaired) electrons. The Kier molecular flexibility index (Phi) is 4.37. The van der Waals surface area contributed by atoms with Crippen LogP contribution in [0.15, 0.2) is 18.3 Å². The number of anilines is 2. The monoisotopic (exact) mass is 208 g/mol. The van der Waals surface area contributed by atoms with Crippen LogP contribution in [0.1, 0.15) is 6.92 Å². The van der Waals surface area contributed by atoms with Gasteiger partial charge in [0.2, 0.25) is 0 Å². The van der Waals surface area contributed by atoms with E-state index in [9.17, 15) is 0 Å². The second-order valence-corrected chi connectivity index (χ2v) is 3.83. The molecule has 4 nitrogen and oxygen atoms in total. The molecule has 2 N–H and O–H groups in total. The number of pyridine rings is 1. The van der Waals surface area contributed by atoms with Crippen molar-refractivity contribution in [2.24, 2.45) is 0 Å². The van der Waals surface area contributed by atoms with E-state index < -0.39 is 0 Å². The number of nitrogens with two attached hydrogens (primary N) is 1. The minimum Gasteiger partial charge on any atom is -0.397 e. The third-order valence-corrected chi connectivity index (χ3v) is 2.29. The summed E-state index contributed by atoms with van der Waals surface area (Å²) in [5.74, 6) is 0.994. The van der Waals surface area contributed by atoms with Crippen LogP contribution < -0.4 is 10.6 Å². The molecule has 1 heterocycles. The fourth-order valence-electron chi connectivity index (χ4n) is 1.34. The predicted octanol–water partition coefficient (Wildman–Crippen LogP) is 1.05. The maximum atomic E-state index is 5.60. The molecule has 0 amide bonds. The van der Waals surface area contributed by atoms with Crippen molar-refractivity contribution < 1.29 is 0 Å². The van der Waals surface area contributed by atoms with Crippen molar-refractivity contribution in [3.8, 4) is 0 Å². The largest absolute Gasteiger partial charge is 0.397 e. The lowest BCUT2D eigenvalue weighted by Gasteiger charge is -2.23. The van der Waals surface area contributed by atoms with Gasteiger partial charge in [0.25, 0.3) is 0 Å². The Bertz CT molecular complexity index is 281. The van der Waals surface area contributed by atoms with Gasteiger partial charge < -0.3 is 15.5 Å². The number of hydrogen-bond acceptors (Lipinski definition) is 4. The molecule has 1 aromatic heterocycles. The molecule has 4 heteroatoms. The summed E-state index contributed by atoms with van der Waals surface area (Å²) in [6.07, 6.45) is 1.70. The maximum absolute atomic E-state index is 5.60. The average Bonchev–Trinajstić information content (AvgIpc) is 2.21. The van der Waals surface area contributed by atoms with Gasteiger partial charge in [-0.05, 0) is 33.2 Å². The van der Waals surface area contributed by atoms with Crippen LogP contribution >= 0.6 is 0 Å². The molecule has 0 atom stereocenters. The van der Waals surface area contributed by atoms with E-state index >= 15 is 0 Å². The van der Waals surface area contributed by atoms with Gasteiger partial charge in [-0.2, -0.15) is 0 Å². The summed E-state index contributed by atoms with van der Waals surface area (Å²) in [6.45, 7) is 5.11. The first kappa shape index (κ1) is 11.8. The number of rotatable bonds is 5. The lowest BCUT2D eigenvalue weighted by Crippen LogP contribution is -2.32. The van der Waals surface area contributed by atoms with Crippen molar-refractivity contribution in [2.45, 2.75) is 6.92 Å². The molecule has 0 aliphatic heterocycles. The van der Waals surface area contributed by atoms with Crippen LogP contribution in [-0.4, -0.2) is 43.6 Å². The van der Waals surface area contributed by atoms with Gasteiger partial charge in [0.15, 0.2) is 0 Å². The molecule has 0 aliphatic carbocycles. The van der Waals surface area contributed by atoms with Crippen molar-refractivity contribution in [3.63, 3.8) is 0 Å². The van der Waals surface area contributed by atoms with Gasteiger partial charge in [-0.1, -0.05) is 0 Å². The van der Waals surface area contributed by atoms with Gasteiger partial charge in [-0.3, -0.25) is 0 Å². The van der Waals surface area contributed by atoms with Crippen LogP contribution in [0, 0.1) is 0 Å². The van der Waals surface area contributed by atoms with E-state index in [2.05, 4.69) is 35.8 Å². The molecule has 0 saturated carbocycles. The molecular weight excluding hydrogens is 188 g/mol. The number of aromatic nitrogens is 1. The van der Waals surface area contributed by atoms with Crippen LogP contribution in [0.4, 0.5) is 11.5 Å². The van der Waals surface area contributed by atoms with Crippen molar-refractivity contribution >= 4 is 11.5 Å². The van der Waals surface area contributed by atoms with E-state index in [1.165, 1.54) is 0 Å². The first-order chi connectivity index (χ1) is 7.13. The normalized spacial score (nSPS) is 10.7. The topological polar surface area (TPSA) is 45.4 Å². The van der Waals surface area contributed by atoms with Crippen molar-refractivity contribution in [3.05, 3.63) is 18.3 Å². The molecule has 1 aromatic rings. The fraction of sp³-hybridized carbons (Fsp3) is 0.545. The molecule has 0 saturated heterocycles. The average molecular weight is 208 g/mol. The molecule has 0 bridgehead atoms. The summed E-state index contributed by atoms with van der Waals surface area (Å²) in [5.41, 5.74) is 6.31. The number of nitrogens with zero attached hydrogens (tertiary/aromatic N) is 3. The van der Waals surface area contributed by atoms with E-state index in [1.54, 1.807) is 6.20 Å². The molecule has 0 aliphatic rings. The Morgan fingerprint density at radius 2 is 2.00 bits per heavy atom. The molecule has 0 fully saturated rings. The van der Waals surface area contributed by atoms with Crippen LogP contribution in [-0.2, 0) is 0 Å². The standard InChI is InChI=1S/C11H20N4/c1-4-15(8-7-14(2)3)11-6-5-10(12)9-13-11/h5-6,9H,4,7-8,12H2,1-3H3. The fourth-order valence-corrected chi connectivity index (χ4v) is 1.34. The van der Waals surface area contributed by atoms with E-state index in [0.717, 1.165) is 25.5 Å². The molecule has 0 unspecified atom stereocenters. The van der Waals surface area contributed by atoms with Gasteiger partial charge in [0.05, 0.1) is 11.9 Å². The molecule has 1 rings (SSSR count). The second kappa shape index (κ2) is 5.56. The number of nitrogen functional groups attached to an aromatic ring is 1. The summed E-state index contributed by atoms with van der Waals surface area (Å²) >= 11 is 0. The summed E-state index contributed by atoms with van der Waals surface area (Å²) < 4.78 is 0. The molecule has 84 valence electrons. The van der Waals surface area contributed by atoms with Gasteiger partial charge in [-0.15, -0.1) is 0 Å². The SMILES string of the molecule is CCN(CCN(C)C)c1ccc(N)cn1. The summed E-state index contributed by atoms with van der Waals surface area (Å²) in [6, 6.07) is 3.86. The summed E-state index contributed by atoms with van der Waals surface area (Å²) in [7, 11) is 4.15. The quantitative estimate of drug-likeness (QED) is 0.785. The minimum absolute atomic E-state index is 0.711. The summed E-state index contributed by atoms with van der Waals surface area (Å²) in [4.78, 5) is 8.71. The highest BCUT2D eigenvalue weighted by Crippen LogP contribution is 2.11. The zero-order valence-electron chi connectivity index (χ0n) is 9.77. The smallest absolute Gasteiger partial charge is 0.128 e. The van der Waals surface area contributed by atoms with E-state index in [1.807, 2.05) is 12.1 Å². The Labute approximate surface area is 91.7 Å². The second-order valence-electron chi connectivity index (χ2n) is 3.83. The maximum Gasteiger partial charge on any atom is 0.128 e. The van der Waals surface area contributed by atoms with E-state index in [4.69, 9.17) is 5.73 Å². The van der Waals surface area contributed by atoms with Crippen molar-refractivity contribution in [1.29, 1.82) is 0 Å². The third-order valence-electron chi connectivity index (χ3n) is 2.29. The van der Waals surface area contributed by atoms with Gasteiger partial charge in [0.1, 0.15) is 5.82 Å².